The molecule has 1 aromatic carbocycles. The Hall–Kier alpha value is -2.20. The predicted molar refractivity (Wildman–Crippen MR) is 87.0 cm³/mol. The fourth-order valence-electron chi connectivity index (χ4n) is 2.17. The number of hydrogen-bond acceptors (Lipinski definition) is 2. The Morgan fingerprint density at radius 3 is 2.68 bits per heavy atom. The number of unbranched alkanes of at least 4 members (excludes halogenated alkanes) is 1. The second-order valence-corrected chi connectivity index (χ2v) is 5.36. The number of aromatic nitrogens is 1. The molecule has 22 heavy (non-hydrogen) atoms. The SMILES string of the molecule is CC(O)CCCC=Cc1ccc(-c2ccc(=O)[nH]c2)cc1F. The minimum Gasteiger partial charge on any atom is -0.393 e. The van der Waals surface area contributed by atoms with Gasteiger partial charge in [0.05, 0.1) is 6.10 Å². The van der Waals surface area contributed by atoms with Crippen LogP contribution in [-0.4, -0.2) is 16.2 Å². The van der Waals surface area contributed by atoms with E-state index in [4.69, 9.17) is 5.11 Å². The zero-order valence-corrected chi connectivity index (χ0v) is 12.6. The highest BCUT2D eigenvalue weighted by molar-refractivity contribution is 5.65. The van der Waals surface area contributed by atoms with E-state index in [9.17, 15) is 9.18 Å². The number of H-pyrrole nitrogens is 1. The van der Waals surface area contributed by atoms with E-state index >= 15 is 0 Å². The molecule has 0 spiro atoms. The summed E-state index contributed by atoms with van der Waals surface area (Å²) in [7, 11) is 0. The summed E-state index contributed by atoms with van der Waals surface area (Å²) in [6.07, 6.45) is 7.40. The van der Waals surface area contributed by atoms with E-state index in [1.807, 2.05) is 12.1 Å². The van der Waals surface area contributed by atoms with Gasteiger partial charge in [-0.25, -0.2) is 4.39 Å². The van der Waals surface area contributed by atoms with Gasteiger partial charge in [-0.3, -0.25) is 4.79 Å². The van der Waals surface area contributed by atoms with Gasteiger partial charge in [0.2, 0.25) is 5.56 Å². The van der Waals surface area contributed by atoms with Crippen molar-refractivity contribution in [1.82, 2.24) is 4.98 Å². The molecule has 4 heteroatoms. The standard InChI is InChI=1S/C18H20FNO2/c1-13(21)5-3-2-4-6-14-7-8-15(11-17(14)19)16-9-10-18(22)20-12-16/h4,6-13,21H,2-3,5H2,1H3,(H,20,22). The Morgan fingerprint density at radius 2 is 2.05 bits per heavy atom. The predicted octanol–water partition coefficient (Wildman–Crippen LogP) is 3.75. The number of halogens is 1. The van der Waals surface area contributed by atoms with Gasteiger partial charge in [0.25, 0.3) is 0 Å². The van der Waals surface area contributed by atoms with E-state index < -0.39 is 0 Å². The number of aliphatic hydroxyl groups is 1. The van der Waals surface area contributed by atoms with E-state index in [1.54, 1.807) is 31.3 Å². The Kier molecular flexibility index (Phi) is 5.67. The quantitative estimate of drug-likeness (QED) is 0.798. The average molecular weight is 301 g/mol. The van der Waals surface area contributed by atoms with Gasteiger partial charge in [0.1, 0.15) is 5.82 Å². The molecule has 1 heterocycles. The monoisotopic (exact) mass is 301 g/mol. The molecule has 2 N–H and O–H groups in total. The third kappa shape index (κ3) is 4.67. The average Bonchev–Trinajstić information content (AvgIpc) is 2.49. The lowest BCUT2D eigenvalue weighted by Crippen LogP contribution is -2.01. The van der Waals surface area contributed by atoms with E-state index in [0.29, 0.717) is 5.56 Å². The van der Waals surface area contributed by atoms with Crippen molar-refractivity contribution < 1.29 is 9.50 Å². The number of hydrogen-bond donors (Lipinski definition) is 2. The summed E-state index contributed by atoms with van der Waals surface area (Å²) in [6, 6.07) is 8.10. The van der Waals surface area contributed by atoms with Crippen LogP contribution < -0.4 is 5.56 Å². The van der Waals surface area contributed by atoms with Gasteiger partial charge >= 0.3 is 0 Å². The molecule has 1 atom stereocenters. The van der Waals surface area contributed by atoms with Gasteiger partial charge in [-0.05, 0) is 49.4 Å². The first kappa shape index (κ1) is 16.2. The molecule has 0 amide bonds. The lowest BCUT2D eigenvalue weighted by Gasteiger charge is -2.04. The second kappa shape index (κ2) is 7.71. The molecular formula is C18H20FNO2. The highest BCUT2D eigenvalue weighted by Crippen LogP contribution is 2.21. The molecule has 2 aromatic rings. The fraction of sp³-hybridized carbons (Fsp3) is 0.278. The maximum atomic E-state index is 14.1. The van der Waals surface area contributed by atoms with E-state index in [0.717, 1.165) is 30.4 Å². The van der Waals surface area contributed by atoms with E-state index in [2.05, 4.69) is 4.98 Å². The molecule has 0 bridgehead atoms. The largest absolute Gasteiger partial charge is 0.393 e. The number of aliphatic hydroxyl groups excluding tert-OH is 1. The van der Waals surface area contributed by atoms with E-state index in [-0.39, 0.29) is 17.5 Å². The first-order valence-corrected chi connectivity index (χ1v) is 7.39. The van der Waals surface area contributed by atoms with E-state index in [1.165, 1.54) is 12.1 Å². The Labute approximate surface area is 129 Å². The zero-order valence-electron chi connectivity index (χ0n) is 12.6. The van der Waals surface area contributed by atoms with Crippen LogP contribution in [0.15, 0.2) is 47.4 Å². The summed E-state index contributed by atoms with van der Waals surface area (Å²) < 4.78 is 14.1. The summed E-state index contributed by atoms with van der Waals surface area (Å²) in [5.41, 5.74) is 1.84. The van der Waals surface area contributed by atoms with Crippen LogP contribution in [0.1, 0.15) is 31.7 Å². The molecular weight excluding hydrogens is 281 g/mol. The molecule has 0 radical (unpaired) electrons. The minimum atomic E-state index is -0.296. The molecule has 1 unspecified atom stereocenters. The second-order valence-electron chi connectivity index (χ2n) is 5.36. The number of nitrogens with one attached hydrogen (secondary N) is 1. The maximum Gasteiger partial charge on any atom is 0.247 e. The highest BCUT2D eigenvalue weighted by atomic mass is 19.1. The van der Waals surface area contributed by atoms with Crippen LogP contribution in [0.2, 0.25) is 0 Å². The fourth-order valence-corrected chi connectivity index (χ4v) is 2.17. The first-order valence-electron chi connectivity index (χ1n) is 7.39. The normalized spacial score (nSPS) is 12.7. The number of aromatic amines is 1. The number of rotatable bonds is 6. The van der Waals surface area contributed by atoms with Gasteiger partial charge in [-0.1, -0.05) is 24.3 Å². The topological polar surface area (TPSA) is 53.1 Å². The summed E-state index contributed by atoms with van der Waals surface area (Å²) in [5.74, 6) is -0.296. The van der Waals surface area contributed by atoms with Gasteiger partial charge in [0, 0.05) is 17.8 Å². The van der Waals surface area contributed by atoms with Crippen LogP contribution >= 0.6 is 0 Å². The van der Waals surface area contributed by atoms with Crippen molar-refractivity contribution in [2.75, 3.05) is 0 Å². The van der Waals surface area contributed by atoms with Crippen LogP contribution in [0.5, 0.6) is 0 Å². The van der Waals surface area contributed by atoms with Crippen LogP contribution in [-0.2, 0) is 0 Å². The van der Waals surface area contributed by atoms with Crippen molar-refractivity contribution in [1.29, 1.82) is 0 Å². The third-order valence-corrected chi connectivity index (χ3v) is 3.41. The summed E-state index contributed by atoms with van der Waals surface area (Å²) in [6.45, 7) is 1.76. The Balaban J connectivity index is 2.05. The van der Waals surface area contributed by atoms with Crippen molar-refractivity contribution >= 4 is 6.08 Å². The van der Waals surface area contributed by atoms with Crippen molar-refractivity contribution in [2.45, 2.75) is 32.3 Å². The smallest absolute Gasteiger partial charge is 0.247 e. The van der Waals surface area contributed by atoms with Crippen molar-refractivity contribution in [3.63, 3.8) is 0 Å². The zero-order chi connectivity index (χ0) is 15.9. The van der Waals surface area contributed by atoms with Crippen molar-refractivity contribution in [2.24, 2.45) is 0 Å². The molecule has 0 saturated heterocycles. The van der Waals surface area contributed by atoms with Gasteiger partial charge in [-0.15, -0.1) is 0 Å². The van der Waals surface area contributed by atoms with Crippen LogP contribution in [0.3, 0.4) is 0 Å². The van der Waals surface area contributed by atoms with Gasteiger partial charge < -0.3 is 10.1 Å². The van der Waals surface area contributed by atoms with Gasteiger partial charge in [-0.2, -0.15) is 0 Å². The summed E-state index contributed by atoms with van der Waals surface area (Å²) in [5, 5.41) is 9.16. The molecule has 116 valence electrons. The molecule has 1 aromatic heterocycles. The van der Waals surface area contributed by atoms with Crippen molar-refractivity contribution in [3.05, 3.63) is 64.3 Å². The van der Waals surface area contributed by atoms with Gasteiger partial charge in [0.15, 0.2) is 0 Å². The maximum absolute atomic E-state index is 14.1. The lowest BCUT2D eigenvalue weighted by molar-refractivity contribution is 0.182. The molecule has 0 fully saturated rings. The van der Waals surface area contributed by atoms with Crippen LogP contribution in [0.4, 0.5) is 4.39 Å². The van der Waals surface area contributed by atoms with Crippen molar-refractivity contribution in [3.8, 4) is 11.1 Å². The molecule has 2 rings (SSSR count). The molecule has 0 aliphatic rings. The number of allylic oxidation sites excluding steroid dienone is 1. The summed E-state index contributed by atoms with van der Waals surface area (Å²) >= 11 is 0. The third-order valence-electron chi connectivity index (χ3n) is 3.41. The molecule has 3 nitrogen and oxygen atoms in total. The van der Waals surface area contributed by atoms with Crippen LogP contribution in [0.25, 0.3) is 17.2 Å². The van der Waals surface area contributed by atoms with Crippen LogP contribution in [0, 0.1) is 5.82 Å². The Morgan fingerprint density at radius 1 is 1.27 bits per heavy atom. The Bertz CT molecular complexity index is 684. The molecule has 0 aliphatic carbocycles. The minimum absolute atomic E-state index is 0.180. The molecule has 0 saturated carbocycles. The summed E-state index contributed by atoms with van der Waals surface area (Å²) in [4.78, 5) is 13.6. The number of pyridine rings is 1. The highest BCUT2D eigenvalue weighted by Gasteiger charge is 2.03. The number of benzene rings is 1. The molecule has 0 aliphatic heterocycles. The lowest BCUT2D eigenvalue weighted by atomic mass is 10.0. The first-order chi connectivity index (χ1) is 10.6.